The second kappa shape index (κ2) is 8.43. The van der Waals surface area contributed by atoms with E-state index in [1.54, 1.807) is 0 Å². The molecule has 1 N–H and O–H groups in total. The molecule has 0 heterocycles. The predicted molar refractivity (Wildman–Crippen MR) is 84.7 cm³/mol. The van der Waals surface area contributed by atoms with Crippen LogP contribution in [0.25, 0.3) is 0 Å². The molecule has 0 radical (unpaired) electrons. The van der Waals surface area contributed by atoms with Crippen LogP contribution in [0.4, 0.5) is 0 Å². The maximum Gasteiger partial charge on any atom is 0.0577 e. The van der Waals surface area contributed by atoms with Crippen molar-refractivity contribution in [2.75, 3.05) is 13.2 Å². The molecule has 0 aromatic heterocycles. The largest absolute Gasteiger partial charge is 0.378 e. The summed E-state index contributed by atoms with van der Waals surface area (Å²) in [4.78, 5) is 0. The minimum absolute atomic E-state index is 0.510. The van der Waals surface area contributed by atoms with Gasteiger partial charge in [-0.1, -0.05) is 44.2 Å². The number of ether oxygens (including phenoxy) is 1. The Morgan fingerprint density at radius 3 is 2.65 bits per heavy atom. The van der Waals surface area contributed by atoms with Gasteiger partial charge in [-0.05, 0) is 49.6 Å². The molecule has 2 heteroatoms. The van der Waals surface area contributed by atoms with Crippen molar-refractivity contribution >= 4 is 0 Å². The van der Waals surface area contributed by atoms with Gasteiger partial charge in [0.25, 0.3) is 0 Å². The summed E-state index contributed by atoms with van der Waals surface area (Å²) in [6.07, 6.45) is 5.45. The molecular formula is C18H29NO. The molecule has 112 valence electrons. The number of hydrogen-bond donors (Lipinski definition) is 1. The van der Waals surface area contributed by atoms with Crippen LogP contribution < -0.4 is 5.32 Å². The average molecular weight is 275 g/mol. The Morgan fingerprint density at radius 2 is 1.90 bits per heavy atom. The molecule has 2 nitrogen and oxygen atoms in total. The summed E-state index contributed by atoms with van der Waals surface area (Å²) in [5.41, 5.74) is 1.35. The van der Waals surface area contributed by atoms with Gasteiger partial charge in [0.15, 0.2) is 0 Å². The van der Waals surface area contributed by atoms with Gasteiger partial charge in [0.1, 0.15) is 0 Å². The van der Waals surface area contributed by atoms with Gasteiger partial charge in [0, 0.05) is 13.2 Å². The smallest absolute Gasteiger partial charge is 0.0577 e. The highest BCUT2D eigenvalue weighted by Gasteiger charge is 2.24. The number of nitrogens with one attached hydrogen (secondary N) is 1. The Kier molecular flexibility index (Phi) is 6.55. The van der Waals surface area contributed by atoms with Crippen LogP contribution in [-0.2, 0) is 11.3 Å². The summed E-state index contributed by atoms with van der Waals surface area (Å²) in [6.45, 7) is 7.62. The fourth-order valence-corrected chi connectivity index (χ4v) is 2.93. The standard InChI is InChI=1S/C18H29NO/c1-15-9-10-18(13-16(15)2)20-12-6-11-19-14-17-7-4-3-5-8-17/h3-5,7-8,15-16,18-19H,6,9-14H2,1-2H3. The lowest BCUT2D eigenvalue weighted by molar-refractivity contribution is 0.00180. The molecular weight excluding hydrogens is 246 g/mol. The third-order valence-corrected chi connectivity index (χ3v) is 4.57. The van der Waals surface area contributed by atoms with Crippen LogP contribution in [0.1, 0.15) is 45.1 Å². The maximum absolute atomic E-state index is 6.01. The zero-order valence-electron chi connectivity index (χ0n) is 13.0. The molecule has 0 spiro atoms. The van der Waals surface area contributed by atoms with Crippen molar-refractivity contribution in [3.63, 3.8) is 0 Å². The molecule has 3 atom stereocenters. The van der Waals surface area contributed by atoms with Crippen LogP contribution in [0.3, 0.4) is 0 Å². The van der Waals surface area contributed by atoms with Crippen molar-refractivity contribution < 1.29 is 4.74 Å². The molecule has 1 aliphatic rings. The van der Waals surface area contributed by atoms with Gasteiger partial charge in [-0.3, -0.25) is 0 Å². The minimum Gasteiger partial charge on any atom is -0.378 e. The van der Waals surface area contributed by atoms with E-state index in [2.05, 4.69) is 49.5 Å². The predicted octanol–water partition coefficient (Wildman–Crippen LogP) is 4.01. The Morgan fingerprint density at radius 1 is 1.10 bits per heavy atom. The lowest BCUT2D eigenvalue weighted by Gasteiger charge is -2.32. The van der Waals surface area contributed by atoms with E-state index in [4.69, 9.17) is 4.74 Å². The van der Waals surface area contributed by atoms with Gasteiger partial charge in [-0.2, -0.15) is 0 Å². The zero-order valence-corrected chi connectivity index (χ0v) is 13.0. The second-order valence-corrected chi connectivity index (χ2v) is 6.28. The number of hydrogen-bond acceptors (Lipinski definition) is 2. The summed E-state index contributed by atoms with van der Waals surface area (Å²) in [7, 11) is 0. The lowest BCUT2D eigenvalue weighted by Crippen LogP contribution is -2.27. The lowest BCUT2D eigenvalue weighted by atomic mass is 9.80. The van der Waals surface area contributed by atoms with Crippen LogP contribution in [0.5, 0.6) is 0 Å². The highest BCUT2D eigenvalue weighted by atomic mass is 16.5. The number of rotatable bonds is 7. The highest BCUT2D eigenvalue weighted by Crippen LogP contribution is 2.30. The topological polar surface area (TPSA) is 21.3 Å². The van der Waals surface area contributed by atoms with Crippen molar-refractivity contribution in [3.05, 3.63) is 35.9 Å². The zero-order chi connectivity index (χ0) is 14.2. The van der Waals surface area contributed by atoms with Gasteiger partial charge in [0.05, 0.1) is 6.10 Å². The quantitative estimate of drug-likeness (QED) is 0.759. The molecule has 1 aromatic carbocycles. The van der Waals surface area contributed by atoms with Gasteiger partial charge < -0.3 is 10.1 Å². The highest BCUT2D eigenvalue weighted by molar-refractivity contribution is 5.14. The minimum atomic E-state index is 0.510. The SMILES string of the molecule is CC1CCC(OCCCNCc2ccccc2)CC1C. The van der Waals surface area contributed by atoms with Crippen LogP contribution in [-0.4, -0.2) is 19.3 Å². The summed E-state index contributed by atoms with van der Waals surface area (Å²) in [6, 6.07) is 10.6. The van der Waals surface area contributed by atoms with Gasteiger partial charge >= 0.3 is 0 Å². The van der Waals surface area contributed by atoms with E-state index in [1.165, 1.54) is 24.8 Å². The van der Waals surface area contributed by atoms with Crippen molar-refractivity contribution in [1.29, 1.82) is 0 Å². The number of benzene rings is 1. The molecule has 1 aromatic rings. The van der Waals surface area contributed by atoms with Gasteiger partial charge in [-0.15, -0.1) is 0 Å². The monoisotopic (exact) mass is 275 g/mol. The Bertz CT molecular complexity index is 365. The van der Waals surface area contributed by atoms with E-state index < -0.39 is 0 Å². The molecule has 1 saturated carbocycles. The van der Waals surface area contributed by atoms with E-state index in [1.807, 2.05) is 0 Å². The van der Waals surface area contributed by atoms with Crippen LogP contribution in [0.15, 0.2) is 30.3 Å². The first-order valence-corrected chi connectivity index (χ1v) is 8.12. The third kappa shape index (κ3) is 5.26. The second-order valence-electron chi connectivity index (χ2n) is 6.28. The molecule has 20 heavy (non-hydrogen) atoms. The molecule has 3 unspecified atom stereocenters. The van der Waals surface area contributed by atoms with Gasteiger partial charge in [0.2, 0.25) is 0 Å². The fraction of sp³-hybridized carbons (Fsp3) is 0.667. The first-order chi connectivity index (χ1) is 9.75. The van der Waals surface area contributed by atoms with Crippen LogP contribution >= 0.6 is 0 Å². The van der Waals surface area contributed by atoms with E-state index in [0.29, 0.717) is 6.10 Å². The van der Waals surface area contributed by atoms with Crippen molar-refractivity contribution in [1.82, 2.24) is 5.32 Å². The summed E-state index contributed by atoms with van der Waals surface area (Å²) in [5, 5.41) is 3.48. The molecule has 0 amide bonds. The average Bonchev–Trinajstić information content (AvgIpc) is 2.47. The Hall–Kier alpha value is -0.860. The summed E-state index contributed by atoms with van der Waals surface area (Å²) in [5.74, 6) is 1.70. The molecule has 2 rings (SSSR count). The van der Waals surface area contributed by atoms with E-state index in [9.17, 15) is 0 Å². The van der Waals surface area contributed by atoms with Crippen LogP contribution in [0, 0.1) is 11.8 Å². The van der Waals surface area contributed by atoms with E-state index in [-0.39, 0.29) is 0 Å². The fourth-order valence-electron chi connectivity index (χ4n) is 2.93. The Balaban J connectivity index is 1.50. The first kappa shape index (κ1) is 15.5. The summed E-state index contributed by atoms with van der Waals surface area (Å²) >= 11 is 0. The Labute approximate surface area is 123 Å². The third-order valence-electron chi connectivity index (χ3n) is 4.57. The van der Waals surface area contributed by atoms with Crippen molar-refractivity contribution in [2.24, 2.45) is 11.8 Å². The first-order valence-electron chi connectivity index (χ1n) is 8.12. The molecule has 0 bridgehead atoms. The van der Waals surface area contributed by atoms with Crippen molar-refractivity contribution in [2.45, 2.75) is 52.2 Å². The van der Waals surface area contributed by atoms with E-state index in [0.717, 1.165) is 38.0 Å². The summed E-state index contributed by atoms with van der Waals surface area (Å²) < 4.78 is 6.01. The van der Waals surface area contributed by atoms with Crippen LogP contribution in [0.2, 0.25) is 0 Å². The van der Waals surface area contributed by atoms with Gasteiger partial charge in [-0.25, -0.2) is 0 Å². The molecule has 1 fully saturated rings. The molecule has 1 aliphatic carbocycles. The molecule has 0 aliphatic heterocycles. The van der Waals surface area contributed by atoms with Crippen molar-refractivity contribution in [3.8, 4) is 0 Å². The van der Waals surface area contributed by atoms with E-state index >= 15 is 0 Å². The normalized spacial score (nSPS) is 26.6. The molecule has 0 saturated heterocycles. The maximum atomic E-state index is 6.01.